The molecule has 3 aromatic rings. The number of carboxylic acid groups (broad SMARTS) is 1. The van der Waals surface area contributed by atoms with Crippen LogP contribution in [0.25, 0.3) is 11.1 Å². The van der Waals surface area contributed by atoms with E-state index in [-0.39, 0.29) is 17.2 Å². The predicted octanol–water partition coefficient (Wildman–Crippen LogP) is 5.44. The Kier molecular flexibility index (Phi) is 6.32. The van der Waals surface area contributed by atoms with Gasteiger partial charge in [0.25, 0.3) is 0 Å². The average molecular weight is 410 g/mol. The van der Waals surface area contributed by atoms with Gasteiger partial charge >= 0.3 is 12.1 Å². The first-order valence-electron chi connectivity index (χ1n) is 8.09. The Labute approximate surface area is 169 Å². The van der Waals surface area contributed by atoms with Crippen molar-refractivity contribution in [2.24, 2.45) is 0 Å². The van der Waals surface area contributed by atoms with Gasteiger partial charge in [0, 0.05) is 17.3 Å². The van der Waals surface area contributed by atoms with Crippen LogP contribution in [0.1, 0.15) is 15.9 Å². The number of thiocyanates is 1. The van der Waals surface area contributed by atoms with Gasteiger partial charge in [0.2, 0.25) is 0 Å². The highest BCUT2D eigenvalue weighted by Crippen LogP contribution is 2.45. The number of thiophene rings is 1. The summed E-state index contributed by atoms with van der Waals surface area (Å²) in [6.45, 7) is 0.0613. The van der Waals surface area contributed by atoms with Crippen molar-refractivity contribution < 1.29 is 19.4 Å². The number of rotatable bonds is 6. The van der Waals surface area contributed by atoms with E-state index < -0.39 is 12.1 Å². The van der Waals surface area contributed by atoms with Crippen LogP contribution in [0.2, 0.25) is 0 Å². The van der Waals surface area contributed by atoms with Crippen LogP contribution in [0.3, 0.4) is 0 Å². The minimum atomic E-state index is -1.20. The maximum atomic E-state index is 12.2. The number of nitriles is 1. The van der Waals surface area contributed by atoms with E-state index in [0.717, 1.165) is 28.7 Å². The Morgan fingerprint density at radius 1 is 1.11 bits per heavy atom. The fourth-order valence-corrected chi connectivity index (χ4v) is 4.40. The summed E-state index contributed by atoms with van der Waals surface area (Å²) in [4.78, 5) is 24.1. The topological polar surface area (TPSA) is 99.4 Å². The van der Waals surface area contributed by atoms with Crippen LogP contribution < -0.4 is 5.32 Å². The zero-order chi connectivity index (χ0) is 19.9. The molecule has 2 aromatic carbocycles. The molecule has 6 nitrogen and oxygen atoms in total. The minimum absolute atomic E-state index is 0.0613. The second kappa shape index (κ2) is 9.08. The Bertz CT molecular complexity index is 1030. The van der Waals surface area contributed by atoms with E-state index in [4.69, 9.17) is 10.00 Å². The highest BCUT2D eigenvalue weighted by Gasteiger charge is 2.26. The molecule has 0 spiro atoms. The number of anilines is 1. The molecular formula is C20H14N2O4S2. The monoisotopic (exact) mass is 410 g/mol. The van der Waals surface area contributed by atoms with Crippen LogP contribution in [0, 0.1) is 10.7 Å². The maximum Gasteiger partial charge on any atom is 0.412 e. The molecule has 8 heteroatoms. The Morgan fingerprint density at radius 2 is 1.75 bits per heavy atom. The van der Waals surface area contributed by atoms with Gasteiger partial charge in [-0.3, -0.25) is 5.32 Å². The van der Waals surface area contributed by atoms with Gasteiger partial charge in [-0.2, -0.15) is 5.26 Å². The van der Waals surface area contributed by atoms with Crippen molar-refractivity contribution in [2.45, 2.75) is 10.8 Å². The van der Waals surface area contributed by atoms with Crippen molar-refractivity contribution in [3.05, 3.63) is 71.8 Å². The Hall–Kier alpha value is -3.28. The van der Waals surface area contributed by atoms with Gasteiger partial charge in [0.1, 0.15) is 22.6 Å². The number of benzene rings is 2. The van der Waals surface area contributed by atoms with Gasteiger partial charge in [-0.05, 0) is 11.1 Å². The molecule has 0 saturated carbocycles. The number of nitrogens with zero attached hydrogens (tertiary/aromatic N) is 1. The summed E-state index contributed by atoms with van der Waals surface area (Å²) in [7, 11) is 0. The van der Waals surface area contributed by atoms with Gasteiger partial charge < -0.3 is 9.84 Å². The summed E-state index contributed by atoms with van der Waals surface area (Å²) < 4.78 is 5.66. The lowest BCUT2D eigenvalue weighted by Crippen LogP contribution is -2.14. The van der Waals surface area contributed by atoms with E-state index in [1.807, 2.05) is 41.8 Å². The molecule has 0 aliphatic carbocycles. The second-order valence-electron chi connectivity index (χ2n) is 5.52. The molecule has 0 aliphatic rings. The number of ether oxygens (including phenoxy) is 1. The number of hydrogen-bond donors (Lipinski definition) is 2. The van der Waals surface area contributed by atoms with Crippen LogP contribution in [-0.4, -0.2) is 17.2 Å². The number of thioether (sulfide) groups is 1. The lowest BCUT2D eigenvalue weighted by molar-refractivity contribution is 0.0699. The third-order valence-corrected chi connectivity index (χ3v) is 5.60. The number of hydrogen-bond acceptors (Lipinski definition) is 6. The highest BCUT2D eigenvalue weighted by atomic mass is 32.2. The minimum Gasteiger partial charge on any atom is -0.478 e. The van der Waals surface area contributed by atoms with E-state index in [1.165, 1.54) is 0 Å². The Balaban J connectivity index is 1.89. The summed E-state index contributed by atoms with van der Waals surface area (Å²) in [5, 5.41) is 23.4. The zero-order valence-corrected chi connectivity index (χ0v) is 16.0. The van der Waals surface area contributed by atoms with Gasteiger partial charge in [-0.15, -0.1) is 11.3 Å². The number of nitrogens with one attached hydrogen (secondary N) is 1. The highest BCUT2D eigenvalue weighted by molar-refractivity contribution is 8.05. The van der Waals surface area contributed by atoms with Gasteiger partial charge in [-0.1, -0.05) is 60.7 Å². The first-order chi connectivity index (χ1) is 13.6. The Morgan fingerprint density at radius 3 is 2.36 bits per heavy atom. The van der Waals surface area contributed by atoms with E-state index in [9.17, 15) is 14.7 Å². The fraction of sp³-hybridized carbons (Fsp3) is 0.0500. The number of amides is 1. The molecule has 0 radical (unpaired) electrons. The molecule has 140 valence electrons. The van der Waals surface area contributed by atoms with Crippen molar-refractivity contribution in [1.82, 2.24) is 0 Å². The zero-order valence-electron chi connectivity index (χ0n) is 14.4. The summed E-state index contributed by atoms with van der Waals surface area (Å²) in [5.41, 5.74) is 1.81. The number of aromatic carboxylic acids is 1. The van der Waals surface area contributed by atoms with Crippen molar-refractivity contribution in [3.8, 4) is 16.5 Å². The average Bonchev–Trinajstić information content (AvgIpc) is 3.06. The second-order valence-corrected chi connectivity index (χ2v) is 7.59. The SMILES string of the molecule is N#CSc1sc(NC(=O)OCc2ccccc2)c(C(=O)O)c1-c1ccccc1. The molecule has 1 heterocycles. The van der Waals surface area contributed by atoms with Crippen LogP contribution in [0.4, 0.5) is 9.80 Å². The number of carbonyl (C=O) groups is 2. The van der Waals surface area contributed by atoms with Crippen molar-refractivity contribution in [3.63, 3.8) is 0 Å². The lowest BCUT2D eigenvalue weighted by atomic mass is 10.0. The lowest BCUT2D eigenvalue weighted by Gasteiger charge is -2.07. The first kappa shape index (κ1) is 19.5. The summed E-state index contributed by atoms with van der Waals surface area (Å²) in [6.07, 6.45) is -0.763. The fourth-order valence-electron chi connectivity index (χ4n) is 2.53. The largest absolute Gasteiger partial charge is 0.478 e. The maximum absolute atomic E-state index is 12.2. The quantitative estimate of drug-likeness (QED) is 0.415. The summed E-state index contributed by atoms with van der Waals surface area (Å²) >= 11 is 1.89. The molecule has 0 aliphatic heterocycles. The van der Waals surface area contributed by atoms with E-state index in [0.29, 0.717) is 15.3 Å². The first-order valence-corrected chi connectivity index (χ1v) is 9.72. The normalized spacial score (nSPS) is 10.1. The third kappa shape index (κ3) is 4.52. The molecule has 3 rings (SSSR count). The van der Waals surface area contributed by atoms with Crippen molar-refractivity contribution >= 4 is 40.2 Å². The molecule has 0 fully saturated rings. The van der Waals surface area contributed by atoms with Crippen LogP contribution in [0.5, 0.6) is 0 Å². The van der Waals surface area contributed by atoms with Crippen LogP contribution in [-0.2, 0) is 11.3 Å². The molecule has 28 heavy (non-hydrogen) atoms. The summed E-state index contributed by atoms with van der Waals surface area (Å²) in [6, 6.07) is 18.0. The molecule has 1 amide bonds. The van der Waals surface area contributed by atoms with Crippen LogP contribution in [0.15, 0.2) is 64.9 Å². The molecule has 0 atom stereocenters. The number of carboxylic acids is 1. The molecule has 0 unspecified atom stereocenters. The molecular weight excluding hydrogens is 396 g/mol. The van der Waals surface area contributed by atoms with E-state index in [1.54, 1.807) is 24.3 Å². The molecule has 0 bridgehead atoms. The molecule has 0 saturated heterocycles. The predicted molar refractivity (Wildman–Crippen MR) is 108 cm³/mol. The van der Waals surface area contributed by atoms with Gasteiger partial charge in [-0.25, -0.2) is 9.59 Å². The smallest absolute Gasteiger partial charge is 0.412 e. The van der Waals surface area contributed by atoms with E-state index in [2.05, 4.69) is 5.32 Å². The standard InChI is InChI=1S/C20H14N2O4S2/c21-12-27-19-15(14-9-5-2-6-10-14)16(18(23)24)17(28-19)22-20(25)26-11-13-7-3-1-4-8-13/h1-10H,11H2,(H,22,25)(H,23,24). The molecule has 1 aromatic heterocycles. The van der Waals surface area contributed by atoms with Gasteiger partial charge in [0.05, 0.1) is 4.21 Å². The van der Waals surface area contributed by atoms with Crippen molar-refractivity contribution in [1.29, 1.82) is 5.26 Å². The molecule has 2 N–H and O–H groups in total. The summed E-state index contributed by atoms with van der Waals surface area (Å²) in [5.74, 6) is -1.20. The van der Waals surface area contributed by atoms with Crippen LogP contribution >= 0.6 is 23.1 Å². The number of carbonyl (C=O) groups excluding carboxylic acids is 1. The van der Waals surface area contributed by atoms with Crippen molar-refractivity contribution in [2.75, 3.05) is 5.32 Å². The third-order valence-electron chi connectivity index (χ3n) is 3.72. The van der Waals surface area contributed by atoms with Gasteiger partial charge in [0.15, 0.2) is 0 Å². The van der Waals surface area contributed by atoms with E-state index >= 15 is 0 Å².